The van der Waals surface area contributed by atoms with Gasteiger partial charge in [-0.3, -0.25) is 0 Å². The van der Waals surface area contributed by atoms with Crippen molar-refractivity contribution in [2.75, 3.05) is 7.11 Å². The second-order valence-corrected chi connectivity index (χ2v) is 6.46. The fourth-order valence-corrected chi connectivity index (χ4v) is 2.94. The third-order valence-corrected chi connectivity index (χ3v) is 4.43. The standard InChI is InChI=1S/C18H21N3O4/c1-11-7-13(5-6-14(11)17(22)23)15-9-18(3,25-20-15)16-8-12(2)21(19-16)10-24-4/h5-8H,9-10H2,1-4H3,(H,22,23). The summed E-state index contributed by atoms with van der Waals surface area (Å²) in [7, 11) is 1.62. The predicted octanol–water partition coefficient (Wildman–Crippen LogP) is 2.84. The molecule has 1 aromatic carbocycles. The molecule has 1 unspecified atom stereocenters. The highest BCUT2D eigenvalue weighted by atomic mass is 16.7. The molecule has 1 aliphatic heterocycles. The highest BCUT2D eigenvalue weighted by Gasteiger charge is 2.39. The van der Waals surface area contributed by atoms with Gasteiger partial charge in [0.15, 0.2) is 5.60 Å². The van der Waals surface area contributed by atoms with Gasteiger partial charge >= 0.3 is 5.97 Å². The van der Waals surface area contributed by atoms with E-state index in [1.807, 2.05) is 26.0 Å². The van der Waals surface area contributed by atoms with Gasteiger partial charge in [-0.15, -0.1) is 0 Å². The van der Waals surface area contributed by atoms with Gasteiger partial charge in [0.2, 0.25) is 0 Å². The molecule has 3 rings (SSSR count). The van der Waals surface area contributed by atoms with Crippen LogP contribution < -0.4 is 0 Å². The van der Waals surface area contributed by atoms with Crippen molar-refractivity contribution >= 4 is 11.7 Å². The Labute approximate surface area is 145 Å². The molecular formula is C18H21N3O4. The summed E-state index contributed by atoms with van der Waals surface area (Å²) in [5.41, 5.74) is 3.75. The molecule has 1 aliphatic rings. The van der Waals surface area contributed by atoms with Crippen LogP contribution in [0.15, 0.2) is 29.4 Å². The van der Waals surface area contributed by atoms with E-state index in [4.69, 9.17) is 14.7 Å². The first kappa shape index (κ1) is 17.2. The lowest BCUT2D eigenvalue weighted by Crippen LogP contribution is -2.23. The number of hydrogen-bond donors (Lipinski definition) is 1. The molecule has 0 saturated heterocycles. The third kappa shape index (κ3) is 3.15. The molecule has 132 valence electrons. The quantitative estimate of drug-likeness (QED) is 0.902. The van der Waals surface area contributed by atoms with Crippen LogP contribution in [0.1, 0.15) is 46.2 Å². The van der Waals surface area contributed by atoms with E-state index in [1.54, 1.807) is 30.8 Å². The van der Waals surface area contributed by atoms with Gasteiger partial charge in [0.05, 0.1) is 11.3 Å². The molecule has 0 radical (unpaired) electrons. The summed E-state index contributed by atoms with van der Waals surface area (Å²) in [4.78, 5) is 16.9. The minimum absolute atomic E-state index is 0.292. The largest absolute Gasteiger partial charge is 0.478 e. The van der Waals surface area contributed by atoms with Crippen LogP contribution in [0.2, 0.25) is 0 Å². The normalized spacial score (nSPS) is 19.6. The number of benzene rings is 1. The second kappa shape index (κ2) is 6.33. The number of ether oxygens (including phenoxy) is 1. The van der Waals surface area contributed by atoms with Crippen LogP contribution in [0.4, 0.5) is 0 Å². The van der Waals surface area contributed by atoms with Crippen LogP contribution in [-0.2, 0) is 21.9 Å². The van der Waals surface area contributed by atoms with E-state index in [1.165, 1.54) is 0 Å². The van der Waals surface area contributed by atoms with Crippen molar-refractivity contribution in [1.29, 1.82) is 0 Å². The van der Waals surface area contributed by atoms with Crippen molar-refractivity contribution in [3.63, 3.8) is 0 Å². The summed E-state index contributed by atoms with van der Waals surface area (Å²) < 4.78 is 6.91. The van der Waals surface area contributed by atoms with E-state index in [2.05, 4.69) is 10.3 Å². The molecule has 0 saturated carbocycles. The number of carbonyl (C=O) groups is 1. The van der Waals surface area contributed by atoms with Gasteiger partial charge in [0, 0.05) is 19.2 Å². The van der Waals surface area contributed by atoms with Crippen LogP contribution in [0.5, 0.6) is 0 Å². The molecule has 2 heterocycles. The predicted molar refractivity (Wildman–Crippen MR) is 91.7 cm³/mol. The van der Waals surface area contributed by atoms with Crippen LogP contribution >= 0.6 is 0 Å². The van der Waals surface area contributed by atoms with E-state index < -0.39 is 11.6 Å². The molecular weight excluding hydrogens is 322 g/mol. The van der Waals surface area contributed by atoms with Gasteiger partial charge in [-0.05, 0) is 50.1 Å². The summed E-state index contributed by atoms with van der Waals surface area (Å²) >= 11 is 0. The Morgan fingerprint density at radius 3 is 2.80 bits per heavy atom. The summed E-state index contributed by atoms with van der Waals surface area (Å²) in [6, 6.07) is 7.16. The van der Waals surface area contributed by atoms with E-state index in [-0.39, 0.29) is 0 Å². The summed E-state index contributed by atoms with van der Waals surface area (Å²) in [5.74, 6) is -0.933. The zero-order valence-corrected chi connectivity index (χ0v) is 14.7. The number of nitrogens with zero attached hydrogens (tertiary/aromatic N) is 3. The molecule has 0 amide bonds. The minimum Gasteiger partial charge on any atom is -0.478 e. The van der Waals surface area contributed by atoms with Gasteiger partial charge in [0.1, 0.15) is 12.4 Å². The number of aromatic nitrogens is 2. The Bertz CT molecular complexity index is 856. The van der Waals surface area contributed by atoms with Crippen LogP contribution in [0, 0.1) is 13.8 Å². The molecule has 1 N–H and O–H groups in total. The lowest BCUT2D eigenvalue weighted by atomic mass is 9.92. The lowest BCUT2D eigenvalue weighted by molar-refractivity contribution is -0.0119. The number of rotatable bonds is 5. The van der Waals surface area contributed by atoms with Crippen molar-refractivity contribution in [1.82, 2.24) is 9.78 Å². The first-order valence-electron chi connectivity index (χ1n) is 7.97. The summed E-state index contributed by atoms with van der Waals surface area (Å²) in [5, 5.41) is 17.9. The Balaban J connectivity index is 1.84. The average Bonchev–Trinajstić information content (AvgIpc) is 3.12. The zero-order chi connectivity index (χ0) is 18.2. The average molecular weight is 343 g/mol. The van der Waals surface area contributed by atoms with Gasteiger partial charge < -0.3 is 14.7 Å². The number of methoxy groups -OCH3 is 1. The number of aromatic carboxylic acids is 1. The lowest BCUT2D eigenvalue weighted by Gasteiger charge is -2.18. The Hall–Kier alpha value is -2.67. The molecule has 2 aromatic rings. The highest BCUT2D eigenvalue weighted by molar-refractivity contribution is 6.02. The molecule has 0 spiro atoms. The number of aryl methyl sites for hydroxylation is 2. The molecule has 0 bridgehead atoms. The first-order valence-corrected chi connectivity index (χ1v) is 7.97. The number of carboxylic acids is 1. The molecule has 0 aliphatic carbocycles. The van der Waals surface area contributed by atoms with Gasteiger partial charge in [-0.2, -0.15) is 5.10 Å². The fraction of sp³-hybridized carbons (Fsp3) is 0.389. The van der Waals surface area contributed by atoms with Crippen LogP contribution in [0.3, 0.4) is 0 Å². The van der Waals surface area contributed by atoms with Crippen molar-refractivity contribution in [2.45, 2.75) is 39.5 Å². The van der Waals surface area contributed by atoms with Gasteiger partial charge in [-0.1, -0.05) is 11.2 Å². The molecule has 0 fully saturated rings. The van der Waals surface area contributed by atoms with Gasteiger partial charge in [-0.25, -0.2) is 9.48 Å². The van der Waals surface area contributed by atoms with Crippen molar-refractivity contribution in [3.8, 4) is 0 Å². The van der Waals surface area contributed by atoms with Crippen LogP contribution in [-0.4, -0.2) is 33.7 Å². The third-order valence-electron chi connectivity index (χ3n) is 4.43. The fourth-order valence-electron chi connectivity index (χ4n) is 2.94. The first-order chi connectivity index (χ1) is 11.8. The Morgan fingerprint density at radius 2 is 2.16 bits per heavy atom. The highest BCUT2D eigenvalue weighted by Crippen LogP contribution is 2.35. The van der Waals surface area contributed by atoms with E-state index in [9.17, 15) is 4.79 Å². The van der Waals surface area contributed by atoms with E-state index in [0.29, 0.717) is 24.3 Å². The van der Waals surface area contributed by atoms with Gasteiger partial charge in [0.25, 0.3) is 0 Å². The van der Waals surface area contributed by atoms with Crippen LogP contribution in [0.25, 0.3) is 0 Å². The Morgan fingerprint density at radius 1 is 1.40 bits per heavy atom. The number of hydrogen-bond acceptors (Lipinski definition) is 5. The zero-order valence-electron chi connectivity index (χ0n) is 14.7. The monoisotopic (exact) mass is 343 g/mol. The molecule has 1 atom stereocenters. The molecule has 7 nitrogen and oxygen atoms in total. The Kier molecular flexibility index (Phi) is 4.34. The van der Waals surface area contributed by atoms with E-state index in [0.717, 1.165) is 22.7 Å². The van der Waals surface area contributed by atoms with Crippen molar-refractivity contribution < 1.29 is 19.5 Å². The maximum absolute atomic E-state index is 11.2. The summed E-state index contributed by atoms with van der Waals surface area (Å²) in [6.45, 7) is 6.06. The van der Waals surface area contributed by atoms with Crippen molar-refractivity contribution in [2.24, 2.45) is 5.16 Å². The smallest absolute Gasteiger partial charge is 0.335 e. The molecule has 25 heavy (non-hydrogen) atoms. The minimum atomic E-state index is -0.933. The topological polar surface area (TPSA) is 85.9 Å². The maximum atomic E-state index is 11.2. The van der Waals surface area contributed by atoms with E-state index >= 15 is 0 Å². The molecule has 1 aromatic heterocycles. The second-order valence-electron chi connectivity index (χ2n) is 6.46. The van der Waals surface area contributed by atoms with Crippen molar-refractivity contribution in [3.05, 3.63) is 52.3 Å². The maximum Gasteiger partial charge on any atom is 0.335 e. The number of carboxylic acid groups (broad SMARTS) is 1. The SMILES string of the molecule is COCn1nc(C2(C)CC(c3ccc(C(=O)O)c(C)c3)=NO2)cc1C. The summed E-state index contributed by atoms with van der Waals surface area (Å²) in [6.07, 6.45) is 0.558. The molecule has 7 heteroatoms. The number of oxime groups is 1.